The Morgan fingerprint density at radius 3 is 2.60 bits per heavy atom. The molecule has 0 saturated heterocycles. The molecule has 0 aliphatic heterocycles. The molecule has 0 N–H and O–H groups in total. The molecule has 40 heavy (non-hydrogen) atoms. The number of carbonyl (C=O) groups excluding carboxylic acids is 1. The number of furan rings is 1. The first-order chi connectivity index (χ1) is 19.3. The van der Waals surface area contributed by atoms with Crippen LogP contribution in [0, 0.1) is 10.1 Å². The molecule has 2 heterocycles. The second kappa shape index (κ2) is 10.7. The number of ether oxygens (including phenoxy) is 3. The number of methoxy groups -OCH3 is 2. The fraction of sp³-hybridized carbons (Fsp3) is 0.143. The molecule has 0 aliphatic carbocycles. The van der Waals surface area contributed by atoms with Crippen LogP contribution in [0.5, 0.6) is 11.5 Å². The van der Waals surface area contributed by atoms with E-state index in [4.69, 9.17) is 13.9 Å². The van der Waals surface area contributed by atoms with Gasteiger partial charge in [-0.15, -0.1) is 0 Å². The molecule has 0 saturated carbocycles. The van der Waals surface area contributed by atoms with Gasteiger partial charge in [0.15, 0.2) is 17.6 Å². The van der Waals surface area contributed by atoms with Gasteiger partial charge in [-0.3, -0.25) is 14.9 Å². The average Bonchev–Trinajstić information content (AvgIpc) is 3.40. The molecule has 0 radical (unpaired) electrons. The fourth-order valence-electron chi connectivity index (χ4n) is 4.09. The van der Waals surface area contributed by atoms with Crippen molar-refractivity contribution in [2.45, 2.75) is 13.0 Å². The summed E-state index contributed by atoms with van der Waals surface area (Å²) in [5.41, 5.74) is 0.335. The number of rotatable bonds is 8. The predicted molar refractivity (Wildman–Crippen MR) is 146 cm³/mol. The van der Waals surface area contributed by atoms with Crippen LogP contribution < -0.4 is 15.0 Å². The third-order valence-electron chi connectivity index (χ3n) is 6.02. The number of nitro groups is 1. The largest absolute Gasteiger partial charge is 0.493 e. The molecule has 0 bridgehead atoms. The number of hydrogen-bond donors (Lipinski definition) is 0. The highest BCUT2D eigenvalue weighted by Crippen LogP contribution is 2.39. The maximum Gasteiger partial charge on any atom is 0.346 e. The van der Waals surface area contributed by atoms with Gasteiger partial charge in [-0.2, -0.15) is 9.78 Å². The zero-order valence-corrected chi connectivity index (χ0v) is 21.6. The van der Waals surface area contributed by atoms with Crippen molar-refractivity contribution in [2.75, 3.05) is 14.2 Å². The fourth-order valence-corrected chi connectivity index (χ4v) is 4.09. The number of nitrogens with zero attached hydrogens (tertiary/aromatic N) is 4. The van der Waals surface area contributed by atoms with Gasteiger partial charge < -0.3 is 18.6 Å². The summed E-state index contributed by atoms with van der Waals surface area (Å²) in [6.07, 6.45) is 0.123. The molecule has 12 heteroatoms. The predicted octanol–water partition coefficient (Wildman–Crippen LogP) is 4.55. The number of esters is 1. The lowest BCUT2D eigenvalue weighted by Gasteiger charge is -2.15. The molecule has 1 atom stereocenters. The minimum Gasteiger partial charge on any atom is -0.493 e. The van der Waals surface area contributed by atoms with E-state index < -0.39 is 28.2 Å². The maximum atomic E-state index is 13.5. The van der Waals surface area contributed by atoms with Crippen LogP contribution in [0.15, 0.2) is 81.0 Å². The number of para-hydroxylation sites is 2. The van der Waals surface area contributed by atoms with E-state index in [1.807, 2.05) is 18.2 Å². The van der Waals surface area contributed by atoms with Crippen LogP contribution in [-0.4, -0.2) is 47.1 Å². The summed E-state index contributed by atoms with van der Waals surface area (Å²) in [4.78, 5) is 41.2. The van der Waals surface area contributed by atoms with Gasteiger partial charge in [0.25, 0.3) is 5.56 Å². The zero-order chi connectivity index (χ0) is 28.4. The zero-order valence-electron chi connectivity index (χ0n) is 21.6. The van der Waals surface area contributed by atoms with Gasteiger partial charge in [-0.05, 0) is 37.3 Å². The topological polar surface area (TPSA) is 148 Å². The standard InChI is InChI=1S/C28H22N4O8/c1-16(28(34)38-3)39-25-21(32(35)36)12-17(13-23(25)37-2)15-29-31-26(24-14-18-8-4-7-11-22(18)40-24)30-20-10-6-5-9-19(20)27(31)33/h4-16H,1-3H3/t16-/m0/s1. The van der Waals surface area contributed by atoms with E-state index in [0.29, 0.717) is 22.2 Å². The second-order valence-corrected chi connectivity index (χ2v) is 8.57. The molecule has 12 nitrogen and oxygen atoms in total. The molecule has 3 aromatic carbocycles. The van der Waals surface area contributed by atoms with Gasteiger partial charge in [0.05, 0.1) is 36.3 Å². The van der Waals surface area contributed by atoms with Gasteiger partial charge in [0.1, 0.15) is 5.58 Å². The Morgan fingerprint density at radius 1 is 1.12 bits per heavy atom. The molecular weight excluding hydrogens is 520 g/mol. The van der Waals surface area contributed by atoms with Crippen LogP contribution in [0.2, 0.25) is 0 Å². The number of hydrogen-bond acceptors (Lipinski definition) is 10. The Bertz CT molecular complexity index is 1820. The van der Waals surface area contributed by atoms with Gasteiger partial charge in [0, 0.05) is 17.0 Å². The highest BCUT2D eigenvalue weighted by Gasteiger charge is 2.27. The number of fused-ring (bicyclic) bond motifs is 2. The van der Waals surface area contributed by atoms with E-state index >= 15 is 0 Å². The lowest BCUT2D eigenvalue weighted by Crippen LogP contribution is -2.25. The minimum atomic E-state index is -1.13. The third kappa shape index (κ3) is 4.85. The normalized spacial score (nSPS) is 12.1. The average molecular weight is 543 g/mol. The van der Waals surface area contributed by atoms with Crippen molar-refractivity contribution < 1.29 is 28.3 Å². The van der Waals surface area contributed by atoms with E-state index in [-0.39, 0.29) is 22.9 Å². The van der Waals surface area contributed by atoms with Crippen LogP contribution in [0.1, 0.15) is 12.5 Å². The Morgan fingerprint density at radius 2 is 1.88 bits per heavy atom. The molecule has 0 unspecified atom stereocenters. The van der Waals surface area contributed by atoms with E-state index in [1.54, 1.807) is 36.4 Å². The lowest BCUT2D eigenvalue weighted by molar-refractivity contribution is -0.386. The van der Waals surface area contributed by atoms with Crippen LogP contribution in [0.25, 0.3) is 33.5 Å². The van der Waals surface area contributed by atoms with Crippen molar-refractivity contribution in [3.63, 3.8) is 0 Å². The SMILES string of the molecule is COC(=O)[C@H](C)Oc1c(OC)cc(C=Nn2c(-c3cc4ccccc4o3)nc3ccccc3c2=O)cc1[N+](=O)[O-]. The van der Waals surface area contributed by atoms with E-state index in [2.05, 4.69) is 14.8 Å². The molecule has 0 aliphatic rings. The highest BCUT2D eigenvalue weighted by molar-refractivity contribution is 5.86. The van der Waals surface area contributed by atoms with E-state index in [0.717, 1.165) is 10.1 Å². The molecule has 5 aromatic rings. The first-order valence-corrected chi connectivity index (χ1v) is 12.0. The monoisotopic (exact) mass is 542 g/mol. The highest BCUT2D eigenvalue weighted by atomic mass is 16.6. The van der Waals surface area contributed by atoms with Crippen molar-refractivity contribution >= 4 is 39.7 Å². The Balaban J connectivity index is 1.64. The van der Waals surface area contributed by atoms with Gasteiger partial charge >= 0.3 is 11.7 Å². The second-order valence-electron chi connectivity index (χ2n) is 8.57. The smallest absolute Gasteiger partial charge is 0.346 e. The van der Waals surface area contributed by atoms with Crippen molar-refractivity contribution in [2.24, 2.45) is 5.10 Å². The molecular formula is C28H22N4O8. The summed E-state index contributed by atoms with van der Waals surface area (Å²) in [5.74, 6) is -0.541. The molecule has 5 rings (SSSR count). The van der Waals surface area contributed by atoms with Crippen molar-refractivity contribution in [3.8, 4) is 23.1 Å². The van der Waals surface area contributed by atoms with E-state index in [9.17, 15) is 19.7 Å². The molecule has 0 spiro atoms. The van der Waals surface area contributed by atoms with Gasteiger partial charge in [-0.25, -0.2) is 9.78 Å². The Labute approximate surface area is 226 Å². The summed E-state index contributed by atoms with van der Waals surface area (Å²) >= 11 is 0. The van der Waals surface area contributed by atoms with Crippen molar-refractivity contribution in [1.29, 1.82) is 0 Å². The minimum absolute atomic E-state index is 0.0205. The summed E-state index contributed by atoms with van der Waals surface area (Å²) in [6, 6.07) is 18.5. The van der Waals surface area contributed by atoms with Crippen LogP contribution >= 0.6 is 0 Å². The quantitative estimate of drug-likeness (QED) is 0.119. The molecule has 202 valence electrons. The summed E-state index contributed by atoms with van der Waals surface area (Å²) in [7, 11) is 2.48. The number of carbonyl (C=O) groups is 1. The lowest BCUT2D eigenvalue weighted by atomic mass is 10.1. The van der Waals surface area contributed by atoms with E-state index in [1.165, 1.54) is 39.5 Å². The molecule has 0 fully saturated rings. The van der Waals surface area contributed by atoms with Crippen LogP contribution in [-0.2, 0) is 9.53 Å². The summed E-state index contributed by atoms with van der Waals surface area (Å²) in [5, 5.41) is 17.4. The van der Waals surface area contributed by atoms with Crippen molar-refractivity contribution in [3.05, 3.63) is 92.8 Å². The molecule has 0 amide bonds. The maximum absolute atomic E-state index is 13.5. The van der Waals surface area contributed by atoms with Crippen LogP contribution in [0.3, 0.4) is 0 Å². The third-order valence-corrected chi connectivity index (χ3v) is 6.02. The number of aromatic nitrogens is 2. The first-order valence-electron chi connectivity index (χ1n) is 12.0. The number of benzene rings is 3. The number of nitro benzene ring substituents is 1. The summed E-state index contributed by atoms with van der Waals surface area (Å²) < 4.78 is 22.5. The Hall–Kier alpha value is -5.52. The summed E-state index contributed by atoms with van der Waals surface area (Å²) in [6.45, 7) is 1.39. The van der Waals surface area contributed by atoms with Crippen LogP contribution in [0.4, 0.5) is 5.69 Å². The van der Waals surface area contributed by atoms with Gasteiger partial charge in [-0.1, -0.05) is 30.3 Å². The van der Waals surface area contributed by atoms with Gasteiger partial charge in [0.2, 0.25) is 11.6 Å². The Kier molecular flexibility index (Phi) is 6.98. The molecule has 2 aromatic heterocycles. The first kappa shape index (κ1) is 26.1. The van der Waals surface area contributed by atoms with Crippen molar-refractivity contribution in [1.82, 2.24) is 9.66 Å².